The summed E-state index contributed by atoms with van der Waals surface area (Å²) in [6, 6.07) is 3.76. The smallest absolute Gasteiger partial charge is 0.230 e. The third kappa shape index (κ3) is 2.52. The van der Waals surface area contributed by atoms with E-state index in [2.05, 4.69) is 15.0 Å². The topological polar surface area (TPSA) is 76.0 Å². The molecule has 0 saturated carbocycles. The second-order valence-electron chi connectivity index (χ2n) is 5.64. The second-order valence-corrected chi connectivity index (χ2v) is 6.65. The van der Waals surface area contributed by atoms with E-state index < -0.39 is 0 Å². The zero-order chi connectivity index (χ0) is 16.0. The number of fused-ring (bicyclic) bond motifs is 1. The first-order valence-corrected chi connectivity index (χ1v) is 8.38. The van der Waals surface area contributed by atoms with Crippen molar-refractivity contribution in [2.45, 2.75) is 19.9 Å². The average molecular weight is 334 g/mol. The highest BCUT2D eigenvalue weighted by molar-refractivity contribution is 7.17. The van der Waals surface area contributed by atoms with E-state index in [0.29, 0.717) is 24.0 Å². The molecule has 1 atom stereocenters. The van der Waals surface area contributed by atoms with Crippen molar-refractivity contribution in [2.75, 3.05) is 26.3 Å². The summed E-state index contributed by atoms with van der Waals surface area (Å²) in [7, 11) is 0. The first kappa shape index (κ1) is 14.7. The van der Waals surface area contributed by atoms with Crippen LogP contribution in [-0.4, -0.2) is 50.9 Å². The van der Waals surface area contributed by atoms with E-state index >= 15 is 0 Å². The molecule has 1 N–H and O–H groups in total. The summed E-state index contributed by atoms with van der Waals surface area (Å²) in [4.78, 5) is 8.11. The zero-order valence-corrected chi connectivity index (χ0v) is 13.8. The van der Waals surface area contributed by atoms with Crippen molar-refractivity contribution in [3.05, 3.63) is 34.4 Å². The molecular formula is C15H18N4O3S. The van der Waals surface area contributed by atoms with Gasteiger partial charge in [0.1, 0.15) is 23.4 Å². The summed E-state index contributed by atoms with van der Waals surface area (Å²) >= 11 is 1.45. The fraction of sp³-hybridized carbons (Fsp3) is 0.467. The number of nitrogens with zero attached hydrogens (tertiary/aromatic N) is 4. The van der Waals surface area contributed by atoms with Crippen molar-refractivity contribution in [1.82, 2.24) is 19.5 Å². The maximum absolute atomic E-state index is 10.6. The molecule has 4 rings (SSSR count). The number of aromatic hydroxyl groups is 1. The molecule has 0 bridgehead atoms. The van der Waals surface area contributed by atoms with Crippen molar-refractivity contribution >= 4 is 16.3 Å². The summed E-state index contributed by atoms with van der Waals surface area (Å²) in [6.45, 7) is 6.67. The monoisotopic (exact) mass is 334 g/mol. The van der Waals surface area contributed by atoms with Crippen LogP contribution in [0, 0.1) is 13.8 Å². The number of morpholine rings is 1. The molecule has 1 aliphatic rings. The van der Waals surface area contributed by atoms with Crippen molar-refractivity contribution < 1.29 is 14.3 Å². The average Bonchev–Trinajstić information content (AvgIpc) is 3.19. The number of aromatic nitrogens is 3. The van der Waals surface area contributed by atoms with Gasteiger partial charge in [-0.3, -0.25) is 4.90 Å². The Labute approximate surface area is 137 Å². The number of thiazole rings is 1. The van der Waals surface area contributed by atoms with Gasteiger partial charge in [-0.2, -0.15) is 4.52 Å². The summed E-state index contributed by atoms with van der Waals surface area (Å²) in [6.07, 6.45) is 0. The molecule has 7 nitrogen and oxygen atoms in total. The minimum Gasteiger partial charge on any atom is -0.492 e. The van der Waals surface area contributed by atoms with Crippen LogP contribution in [0.4, 0.5) is 0 Å². The van der Waals surface area contributed by atoms with Gasteiger partial charge in [-0.05, 0) is 26.0 Å². The molecule has 3 aromatic rings. The van der Waals surface area contributed by atoms with Crippen LogP contribution in [0.3, 0.4) is 0 Å². The van der Waals surface area contributed by atoms with E-state index in [1.165, 1.54) is 15.9 Å². The highest BCUT2D eigenvalue weighted by Gasteiger charge is 2.32. The van der Waals surface area contributed by atoms with Crippen LogP contribution in [0.5, 0.6) is 5.88 Å². The Hall–Kier alpha value is -1.90. The van der Waals surface area contributed by atoms with Gasteiger partial charge in [0.2, 0.25) is 10.8 Å². The molecule has 8 heteroatoms. The molecule has 1 aliphatic heterocycles. The van der Waals surface area contributed by atoms with Crippen LogP contribution in [0.2, 0.25) is 0 Å². The van der Waals surface area contributed by atoms with Crippen LogP contribution in [0.15, 0.2) is 16.5 Å². The third-order valence-corrected chi connectivity index (χ3v) is 5.07. The number of furan rings is 1. The molecule has 0 radical (unpaired) electrons. The van der Waals surface area contributed by atoms with Gasteiger partial charge in [0, 0.05) is 13.1 Å². The van der Waals surface area contributed by atoms with E-state index in [9.17, 15) is 5.11 Å². The Kier molecular flexibility index (Phi) is 3.59. The van der Waals surface area contributed by atoms with Crippen molar-refractivity contribution in [3.63, 3.8) is 0 Å². The lowest BCUT2D eigenvalue weighted by Gasteiger charge is -2.32. The molecule has 23 heavy (non-hydrogen) atoms. The molecular weight excluding hydrogens is 316 g/mol. The number of hydrogen-bond acceptors (Lipinski definition) is 7. The van der Waals surface area contributed by atoms with Crippen LogP contribution >= 0.6 is 11.3 Å². The Bertz CT molecular complexity index is 831. The van der Waals surface area contributed by atoms with E-state index in [-0.39, 0.29) is 11.9 Å². The zero-order valence-electron chi connectivity index (χ0n) is 13.0. The molecule has 4 heterocycles. The summed E-state index contributed by atoms with van der Waals surface area (Å²) < 4.78 is 12.8. The Morgan fingerprint density at radius 3 is 2.70 bits per heavy atom. The lowest BCUT2D eigenvalue weighted by molar-refractivity contribution is 0.0202. The van der Waals surface area contributed by atoms with E-state index in [0.717, 1.165) is 29.5 Å². The van der Waals surface area contributed by atoms with Crippen LogP contribution in [0.25, 0.3) is 4.96 Å². The van der Waals surface area contributed by atoms with Gasteiger partial charge >= 0.3 is 0 Å². The normalized spacial score (nSPS) is 17.8. The van der Waals surface area contributed by atoms with Gasteiger partial charge in [0.05, 0.1) is 18.1 Å². The van der Waals surface area contributed by atoms with Gasteiger partial charge in [-0.25, -0.2) is 4.98 Å². The van der Waals surface area contributed by atoms with Gasteiger partial charge in [-0.15, -0.1) is 5.10 Å². The van der Waals surface area contributed by atoms with Crippen molar-refractivity contribution in [2.24, 2.45) is 0 Å². The predicted octanol–water partition coefficient (Wildman–Crippen LogP) is 2.13. The van der Waals surface area contributed by atoms with Gasteiger partial charge in [-0.1, -0.05) is 11.3 Å². The third-order valence-electron chi connectivity index (χ3n) is 4.00. The first-order valence-electron chi connectivity index (χ1n) is 7.56. The van der Waals surface area contributed by atoms with E-state index in [1.54, 1.807) is 0 Å². The fourth-order valence-corrected chi connectivity index (χ4v) is 4.08. The Morgan fingerprint density at radius 1 is 1.26 bits per heavy atom. The van der Waals surface area contributed by atoms with Gasteiger partial charge in [0.25, 0.3) is 0 Å². The quantitative estimate of drug-likeness (QED) is 0.791. The van der Waals surface area contributed by atoms with Crippen LogP contribution in [-0.2, 0) is 4.74 Å². The SMILES string of the molecule is Cc1nc2sc(C(c3ccc(C)o3)N3CCOCC3)c(O)n2n1. The minimum atomic E-state index is -0.151. The summed E-state index contributed by atoms with van der Waals surface area (Å²) in [5.74, 6) is 2.46. The molecule has 0 amide bonds. The maximum atomic E-state index is 10.6. The molecule has 0 aliphatic carbocycles. The highest BCUT2D eigenvalue weighted by atomic mass is 32.1. The molecule has 0 spiro atoms. The fourth-order valence-electron chi connectivity index (χ4n) is 2.94. The predicted molar refractivity (Wildman–Crippen MR) is 84.9 cm³/mol. The van der Waals surface area contributed by atoms with Gasteiger partial charge < -0.3 is 14.3 Å². The first-order chi connectivity index (χ1) is 11.1. The largest absolute Gasteiger partial charge is 0.492 e. The summed E-state index contributed by atoms with van der Waals surface area (Å²) in [5, 5.41) is 14.9. The maximum Gasteiger partial charge on any atom is 0.230 e. The minimum absolute atomic E-state index is 0.135. The lowest BCUT2D eigenvalue weighted by Crippen LogP contribution is -2.39. The molecule has 1 fully saturated rings. The van der Waals surface area contributed by atoms with Gasteiger partial charge in [0.15, 0.2) is 0 Å². The highest BCUT2D eigenvalue weighted by Crippen LogP contribution is 2.40. The number of aryl methyl sites for hydroxylation is 2. The molecule has 3 aromatic heterocycles. The number of rotatable bonds is 3. The Balaban J connectivity index is 1.82. The van der Waals surface area contributed by atoms with Crippen LogP contribution < -0.4 is 0 Å². The molecule has 122 valence electrons. The van der Waals surface area contributed by atoms with E-state index in [4.69, 9.17) is 9.15 Å². The lowest BCUT2D eigenvalue weighted by atomic mass is 10.1. The number of ether oxygens (including phenoxy) is 1. The molecule has 0 aromatic carbocycles. The second kappa shape index (κ2) is 5.63. The summed E-state index contributed by atoms with van der Waals surface area (Å²) in [5.41, 5.74) is 0. The standard InChI is InChI=1S/C15H18N4O3S/c1-9-3-4-11(22-9)12(18-5-7-21-8-6-18)13-14(20)19-15(23-13)16-10(2)17-19/h3-4,12,20H,5-8H2,1-2H3. The molecule has 1 saturated heterocycles. The van der Waals surface area contributed by atoms with Crippen LogP contribution in [0.1, 0.15) is 28.3 Å². The van der Waals surface area contributed by atoms with Crippen molar-refractivity contribution in [3.8, 4) is 5.88 Å². The number of hydrogen-bond donors (Lipinski definition) is 1. The molecule has 1 unspecified atom stereocenters. The van der Waals surface area contributed by atoms with E-state index in [1.807, 2.05) is 26.0 Å². The van der Waals surface area contributed by atoms with Crippen molar-refractivity contribution in [1.29, 1.82) is 0 Å². The Morgan fingerprint density at radius 2 is 2.04 bits per heavy atom.